The summed E-state index contributed by atoms with van der Waals surface area (Å²) in [6.07, 6.45) is 6.70. The molecule has 5 atom stereocenters. The highest BCUT2D eigenvalue weighted by molar-refractivity contribution is 5.09. The molecule has 3 saturated carbocycles. The van der Waals surface area contributed by atoms with Gasteiger partial charge in [0.05, 0.1) is 5.60 Å². The first-order chi connectivity index (χ1) is 7.09. The molecule has 0 amide bonds. The van der Waals surface area contributed by atoms with E-state index in [4.69, 9.17) is 0 Å². The van der Waals surface area contributed by atoms with Crippen molar-refractivity contribution in [2.75, 3.05) is 20.6 Å². The average molecular weight is 209 g/mol. The SMILES string of the molecule is CN(C)CC1(O)C2CCC3CC(C2)CC31. The molecule has 0 aliphatic heterocycles. The van der Waals surface area contributed by atoms with E-state index >= 15 is 0 Å². The van der Waals surface area contributed by atoms with Gasteiger partial charge in [-0.05, 0) is 69.9 Å². The summed E-state index contributed by atoms with van der Waals surface area (Å²) < 4.78 is 0. The van der Waals surface area contributed by atoms with Gasteiger partial charge in [0.2, 0.25) is 0 Å². The highest BCUT2D eigenvalue weighted by Crippen LogP contribution is 2.59. The van der Waals surface area contributed by atoms with Crippen LogP contribution in [0.3, 0.4) is 0 Å². The molecule has 5 unspecified atom stereocenters. The van der Waals surface area contributed by atoms with Crippen LogP contribution in [0.4, 0.5) is 0 Å². The smallest absolute Gasteiger partial charge is 0.0832 e. The Labute approximate surface area is 92.7 Å². The third-order valence-corrected chi connectivity index (χ3v) is 5.21. The monoisotopic (exact) mass is 209 g/mol. The minimum Gasteiger partial charge on any atom is -0.388 e. The summed E-state index contributed by atoms with van der Waals surface area (Å²) in [7, 11) is 4.18. The van der Waals surface area contributed by atoms with E-state index in [1.807, 2.05) is 0 Å². The quantitative estimate of drug-likeness (QED) is 0.749. The summed E-state index contributed by atoms with van der Waals surface area (Å²) in [6.45, 7) is 0.881. The van der Waals surface area contributed by atoms with Crippen molar-refractivity contribution in [1.82, 2.24) is 4.90 Å². The highest BCUT2D eigenvalue weighted by Gasteiger charge is 2.58. The van der Waals surface area contributed by atoms with Gasteiger partial charge in [0.15, 0.2) is 0 Å². The normalized spacial score (nSPS) is 52.8. The Morgan fingerprint density at radius 3 is 2.73 bits per heavy atom. The third kappa shape index (κ3) is 1.38. The summed E-state index contributed by atoms with van der Waals surface area (Å²) in [5, 5.41) is 11.0. The second kappa shape index (κ2) is 3.21. The molecule has 3 rings (SSSR count). The van der Waals surface area contributed by atoms with E-state index in [1.165, 1.54) is 32.1 Å². The van der Waals surface area contributed by atoms with Crippen LogP contribution in [0, 0.1) is 23.7 Å². The van der Waals surface area contributed by atoms with Crippen LogP contribution < -0.4 is 0 Å². The molecule has 0 heterocycles. The molecular formula is C13H23NO. The maximum absolute atomic E-state index is 11.0. The van der Waals surface area contributed by atoms with E-state index in [9.17, 15) is 5.11 Å². The number of fused-ring (bicyclic) bond motifs is 2. The van der Waals surface area contributed by atoms with Crippen LogP contribution in [0.2, 0.25) is 0 Å². The Kier molecular flexibility index (Phi) is 2.16. The first-order valence-corrected chi connectivity index (χ1v) is 6.46. The first-order valence-electron chi connectivity index (χ1n) is 6.46. The maximum atomic E-state index is 11.0. The molecule has 0 aromatic rings. The number of aliphatic hydroxyl groups is 1. The summed E-state index contributed by atoms with van der Waals surface area (Å²) in [6, 6.07) is 0. The van der Waals surface area contributed by atoms with Crippen LogP contribution in [0.5, 0.6) is 0 Å². The number of hydrogen-bond donors (Lipinski definition) is 1. The van der Waals surface area contributed by atoms with E-state index in [-0.39, 0.29) is 5.60 Å². The van der Waals surface area contributed by atoms with Crippen LogP contribution in [-0.2, 0) is 0 Å². The van der Waals surface area contributed by atoms with Crippen LogP contribution in [0.1, 0.15) is 32.1 Å². The lowest BCUT2D eigenvalue weighted by molar-refractivity contribution is -0.134. The second-order valence-electron chi connectivity index (χ2n) is 6.44. The number of rotatable bonds is 2. The Hall–Kier alpha value is -0.0800. The number of likely N-dealkylation sites (N-methyl/N-ethyl adjacent to an activating group) is 1. The van der Waals surface area contributed by atoms with Gasteiger partial charge in [0.1, 0.15) is 0 Å². The Morgan fingerprint density at radius 1 is 1.20 bits per heavy atom. The molecule has 0 aromatic carbocycles. The first kappa shape index (κ1) is 10.1. The zero-order valence-electron chi connectivity index (χ0n) is 9.95. The fourth-order valence-corrected chi connectivity index (χ4v) is 4.81. The Balaban J connectivity index is 1.89. The molecular weight excluding hydrogens is 186 g/mol. The molecule has 86 valence electrons. The van der Waals surface area contributed by atoms with Crippen molar-refractivity contribution in [3.8, 4) is 0 Å². The molecule has 1 N–H and O–H groups in total. The lowest BCUT2D eigenvalue weighted by atomic mass is 9.61. The fraction of sp³-hybridized carbons (Fsp3) is 1.00. The van der Waals surface area contributed by atoms with Crippen molar-refractivity contribution in [2.45, 2.75) is 37.7 Å². The minimum atomic E-state index is -0.348. The van der Waals surface area contributed by atoms with Crippen molar-refractivity contribution in [3.05, 3.63) is 0 Å². The van der Waals surface area contributed by atoms with Gasteiger partial charge in [-0.15, -0.1) is 0 Å². The average Bonchev–Trinajstić information content (AvgIpc) is 2.34. The summed E-state index contributed by atoms with van der Waals surface area (Å²) in [4.78, 5) is 2.17. The Morgan fingerprint density at radius 2 is 2.00 bits per heavy atom. The summed E-state index contributed by atoms with van der Waals surface area (Å²) in [5.41, 5.74) is -0.348. The lowest BCUT2D eigenvalue weighted by Gasteiger charge is -2.50. The van der Waals surface area contributed by atoms with Crippen molar-refractivity contribution in [3.63, 3.8) is 0 Å². The third-order valence-electron chi connectivity index (χ3n) is 5.21. The van der Waals surface area contributed by atoms with Crippen molar-refractivity contribution in [1.29, 1.82) is 0 Å². The van der Waals surface area contributed by atoms with Gasteiger partial charge in [-0.25, -0.2) is 0 Å². The molecule has 0 saturated heterocycles. The van der Waals surface area contributed by atoms with E-state index in [1.54, 1.807) is 0 Å². The van der Waals surface area contributed by atoms with Gasteiger partial charge < -0.3 is 10.0 Å². The molecule has 3 aliphatic rings. The topological polar surface area (TPSA) is 23.5 Å². The van der Waals surface area contributed by atoms with E-state index in [0.717, 1.165) is 18.4 Å². The van der Waals surface area contributed by atoms with E-state index in [0.29, 0.717) is 11.8 Å². The van der Waals surface area contributed by atoms with Crippen LogP contribution in [0.15, 0.2) is 0 Å². The molecule has 0 aromatic heterocycles. The summed E-state index contributed by atoms with van der Waals surface area (Å²) in [5.74, 6) is 3.02. The molecule has 0 spiro atoms. The van der Waals surface area contributed by atoms with Crippen LogP contribution in [0.25, 0.3) is 0 Å². The molecule has 0 radical (unpaired) electrons. The van der Waals surface area contributed by atoms with E-state index < -0.39 is 0 Å². The van der Waals surface area contributed by atoms with Gasteiger partial charge in [0, 0.05) is 6.54 Å². The van der Waals surface area contributed by atoms with Crippen LogP contribution >= 0.6 is 0 Å². The fourth-order valence-electron chi connectivity index (χ4n) is 4.81. The molecule has 3 aliphatic carbocycles. The summed E-state index contributed by atoms with van der Waals surface area (Å²) >= 11 is 0. The zero-order chi connectivity index (χ0) is 10.6. The van der Waals surface area contributed by atoms with E-state index in [2.05, 4.69) is 19.0 Å². The zero-order valence-corrected chi connectivity index (χ0v) is 9.95. The van der Waals surface area contributed by atoms with Gasteiger partial charge >= 0.3 is 0 Å². The van der Waals surface area contributed by atoms with Gasteiger partial charge in [0.25, 0.3) is 0 Å². The Bertz CT molecular complexity index is 265. The number of hydrogen-bond acceptors (Lipinski definition) is 2. The van der Waals surface area contributed by atoms with Gasteiger partial charge in [-0.3, -0.25) is 0 Å². The standard InChI is InChI=1S/C13H23NO/c1-14(2)8-13(15)11-4-3-10-5-9(6-11)7-12(10)13/h9-12,15H,3-8H2,1-2H3. The van der Waals surface area contributed by atoms with Gasteiger partial charge in [-0.1, -0.05) is 0 Å². The largest absolute Gasteiger partial charge is 0.388 e. The van der Waals surface area contributed by atoms with Crippen molar-refractivity contribution < 1.29 is 5.11 Å². The predicted octanol–water partition coefficient (Wildman–Crippen LogP) is 1.74. The molecule has 2 heteroatoms. The molecule has 15 heavy (non-hydrogen) atoms. The number of nitrogens with zero attached hydrogens (tertiary/aromatic N) is 1. The molecule has 3 fully saturated rings. The van der Waals surface area contributed by atoms with Gasteiger partial charge in [-0.2, -0.15) is 0 Å². The van der Waals surface area contributed by atoms with Crippen molar-refractivity contribution in [2.24, 2.45) is 23.7 Å². The minimum absolute atomic E-state index is 0.348. The predicted molar refractivity (Wildman–Crippen MR) is 60.5 cm³/mol. The highest BCUT2D eigenvalue weighted by atomic mass is 16.3. The second-order valence-corrected chi connectivity index (χ2v) is 6.44. The van der Waals surface area contributed by atoms with Crippen LogP contribution in [-0.4, -0.2) is 36.2 Å². The maximum Gasteiger partial charge on any atom is 0.0832 e. The molecule has 2 nitrogen and oxygen atoms in total. The molecule has 3 bridgehead atoms. The van der Waals surface area contributed by atoms with Crippen molar-refractivity contribution >= 4 is 0 Å². The lowest BCUT2D eigenvalue weighted by Crippen LogP contribution is -2.57.